The van der Waals surface area contributed by atoms with Crippen LogP contribution in [0.2, 0.25) is 0 Å². The molecule has 7 rings (SSSR count). The molecule has 0 heterocycles. The van der Waals surface area contributed by atoms with Crippen LogP contribution in [0.25, 0.3) is 0 Å². The Labute approximate surface area is 219 Å². The van der Waals surface area contributed by atoms with Crippen molar-refractivity contribution in [2.45, 2.75) is 32.3 Å². The van der Waals surface area contributed by atoms with Gasteiger partial charge in [0.2, 0.25) is 0 Å². The van der Waals surface area contributed by atoms with Gasteiger partial charge in [-0.1, -0.05) is 135 Å². The largest absolute Gasteiger partial charge is 0.0622 e. The van der Waals surface area contributed by atoms with E-state index in [-0.39, 0.29) is 0 Å². The minimum absolute atomic E-state index is 0.396. The third-order valence-corrected chi connectivity index (χ3v) is 14.6. The number of hydrogen-bond donors (Lipinski definition) is 0. The lowest BCUT2D eigenvalue weighted by Gasteiger charge is -2.64. The summed E-state index contributed by atoms with van der Waals surface area (Å²) in [5, 5.41) is 6.16. The molecule has 3 fully saturated rings. The molecule has 0 saturated heterocycles. The van der Waals surface area contributed by atoms with Crippen LogP contribution in [0.1, 0.15) is 26.7 Å². The van der Waals surface area contributed by atoms with Crippen molar-refractivity contribution in [2.75, 3.05) is 6.16 Å². The van der Waals surface area contributed by atoms with Crippen molar-refractivity contribution in [3.05, 3.63) is 121 Å². The molecule has 0 aromatic heterocycles. The highest BCUT2D eigenvalue weighted by Crippen LogP contribution is 2.68. The average Bonchev–Trinajstić information content (AvgIpc) is 2.94. The Balaban J connectivity index is 1.44. The van der Waals surface area contributed by atoms with Crippen LogP contribution in [0.4, 0.5) is 0 Å². The van der Waals surface area contributed by atoms with Crippen LogP contribution in [-0.4, -0.2) is 11.8 Å². The standard InChI is InChI=1S/C34H36P2/c1-34(2)26-23-32(34)31(25-35(27-15-7-3-8-16-27)28-17-9-4-10-18-28)33(24-26)36(29-19-11-5-12-20-29)30-21-13-6-14-22-30/h3-22,26,31-33H,23-25H2,1-2H3/t26-,31+,32+,33-/m1/s1. The maximum Gasteiger partial charge on any atom is -0.00912 e. The SMILES string of the molecule is CC1(C)[C@H]2C[C@@H](P(c3ccccc3)c3ccccc3)[C@@H](CP(c3ccccc3)c3ccccc3)[C@@H]1C2. The summed E-state index contributed by atoms with van der Waals surface area (Å²) in [6.45, 7) is 5.13. The van der Waals surface area contributed by atoms with Crippen molar-refractivity contribution in [3.63, 3.8) is 0 Å². The molecule has 2 heteroatoms. The van der Waals surface area contributed by atoms with Crippen molar-refractivity contribution in [2.24, 2.45) is 23.2 Å². The lowest BCUT2D eigenvalue weighted by atomic mass is 9.46. The van der Waals surface area contributed by atoms with Gasteiger partial charge < -0.3 is 0 Å². The van der Waals surface area contributed by atoms with E-state index in [9.17, 15) is 0 Å². The van der Waals surface area contributed by atoms with Gasteiger partial charge >= 0.3 is 0 Å². The predicted octanol–water partition coefficient (Wildman–Crippen LogP) is 7.30. The average molecular weight is 507 g/mol. The second-order valence-corrected chi connectivity index (χ2v) is 15.8. The maximum atomic E-state index is 2.57. The molecule has 2 bridgehead atoms. The third-order valence-electron chi connectivity index (χ3n) is 9.01. The van der Waals surface area contributed by atoms with Crippen molar-refractivity contribution >= 4 is 37.1 Å². The first-order chi connectivity index (χ1) is 17.6. The van der Waals surface area contributed by atoms with E-state index in [1.807, 2.05) is 0 Å². The van der Waals surface area contributed by atoms with Crippen LogP contribution in [0.3, 0.4) is 0 Å². The summed E-state index contributed by atoms with van der Waals surface area (Å²) in [6.07, 6.45) is 4.09. The molecular formula is C34H36P2. The first-order valence-corrected chi connectivity index (χ1v) is 16.3. The van der Waals surface area contributed by atoms with Crippen LogP contribution < -0.4 is 21.2 Å². The third kappa shape index (κ3) is 4.49. The van der Waals surface area contributed by atoms with Gasteiger partial charge in [-0.2, -0.15) is 0 Å². The highest BCUT2D eigenvalue weighted by atomic mass is 31.1. The highest BCUT2D eigenvalue weighted by Gasteiger charge is 2.59. The van der Waals surface area contributed by atoms with E-state index in [1.54, 1.807) is 10.6 Å². The lowest BCUT2D eigenvalue weighted by Crippen LogP contribution is -2.58. The molecule has 0 spiro atoms. The number of benzene rings is 4. The first kappa shape index (κ1) is 24.1. The molecule has 0 aliphatic heterocycles. The molecule has 4 atom stereocenters. The smallest absolute Gasteiger partial charge is 0.00912 e. The molecule has 182 valence electrons. The Morgan fingerprint density at radius 1 is 0.583 bits per heavy atom. The Kier molecular flexibility index (Phi) is 6.86. The van der Waals surface area contributed by atoms with Crippen LogP contribution in [0.15, 0.2) is 121 Å². The van der Waals surface area contributed by atoms with E-state index < -0.39 is 15.8 Å². The quantitative estimate of drug-likeness (QED) is 0.231. The van der Waals surface area contributed by atoms with Crippen molar-refractivity contribution in [1.82, 2.24) is 0 Å². The fourth-order valence-electron chi connectivity index (χ4n) is 6.96. The van der Waals surface area contributed by atoms with Crippen molar-refractivity contribution in [3.8, 4) is 0 Å². The van der Waals surface area contributed by atoms with E-state index in [0.717, 1.165) is 23.4 Å². The summed E-state index contributed by atoms with van der Waals surface area (Å²) in [7, 11) is -0.800. The normalized spacial score (nSPS) is 24.4. The van der Waals surface area contributed by atoms with E-state index >= 15 is 0 Å². The fourth-order valence-corrected chi connectivity index (χ4v) is 13.1. The van der Waals surface area contributed by atoms with Gasteiger partial charge in [0.05, 0.1) is 0 Å². The molecule has 3 saturated carbocycles. The van der Waals surface area contributed by atoms with Crippen molar-refractivity contribution in [1.29, 1.82) is 0 Å². The Hall–Kier alpha value is -2.26. The van der Waals surface area contributed by atoms with Crippen LogP contribution in [0.5, 0.6) is 0 Å². The molecule has 4 aromatic carbocycles. The van der Waals surface area contributed by atoms with Crippen LogP contribution in [-0.2, 0) is 0 Å². The summed E-state index contributed by atoms with van der Waals surface area (Å²) in [5.74, 6) is 2.42. The Bertz CT molecular complexity index is 1170. The number of fused-ring (bicyclic) bond motifs is 2. The first-order valence-electron chi connectivity index (χ1n) is 13.4. The van der Waals surface area contributed by atoms with Gasteiger partial charge in [-0.15, -0.1) is 0 Å². The van der Waals surface area contributed by atoms with Gasteiger partial charge in [-0.05, 0) is 84.9 Å². The zero-order valence-corrected chi connectivity index (χ0v) is 23.2. The summed E-state index contributed by atoms with van der Waals surface area (Å²) in [5.41, 5.74) is 1.20. The van der Waals surface area contributed by atoms with Gasteiger partial charge in [0, 0.05) is 0 Å². The second kappa shape index (κ2) is 10.2. The minimum Gasteiger partial charge on any atom is -0.0622 e. The van der Waals surface area contributed by atoms with Gasteiger partial charge in [0.1, 0.15) is 0 Å². The second-order valence-electron chi connectivity index (χ2n) is 11.2. The Morgan fingerprint density at radius 2 is 1.00 bits per heavy atom. The molecule has 0 amide bonds. The molecule has 3 aliphatic carbocycles. The monoisotopic (exact) mass is 506 g/mol. The van der Waals surface area contributed by atoms with E-state index in [2.05, 4.69) is 135 Å². The molecule has 0 radical (unpaired) electrons. The van der Waals surface area contributed by atoms with Crippen molar-refractivity contribution < 1.29 is 0 Å². The molecule has 4 aromatic rings. The van der Waals surface area contributed by atoms with Gasteiger partial charge in [-0.3, -0.25) is 0 Å². The zero-order valence-electron chi connectivity index (χ0n) is 21.4. The van der Waals surface area contributed by atoms with E-state index in [0.29, 0.717) is 5.41 Å². The molecule has 0 unspecified atom stereocenters. The van der Waals surface area contributed by atoms with Crippen LogP contribution in [0, 0.1) is 23.2 Å². The zero-order chi connectivity index (χ0) is 24.5. The molecule has 36 heavy (non-hydrogen) atoms. The highest BCUT2D eigenvalue weighted by molar-refractivity contribution is 7.74. The van der Waals surface area contributed by atoms with Crippen LogP contribution >= 0.6 is 15.8 Å². The topological polar surface area (TPSA) is 0 Å². The van der Waals surface area contributed by atoms with Gasteiger partial charge in [-0.25, -0.2) is 0 Å². The summed E-state index contributed by atoms with van der Waals surface area (Å²) in [6, 6.07) is 45.7. The lowest BCUT2D eigenvalue weighted by molar-refractivity contribution is -0.0944. The summed E-state index contributed by atoms with van der Waals surface area (Å²) in [4.78, 5) is 0. The van der Waals surface area contributed by atoms with Gasteiger partial charge in [0.15, 0.2) is 0 Å². The van der Waals surface area contributed by atoms with E-state index in [4.69, 9.17) is 0 Å². The molecule has 0 N–H and O–H groups in total. The Morgan fingerprint density at radius 3 is 1.42 bits per heavy atom. The minimum atomic E-state index is -0.404. The summed E-state index contributed by atoms with van der Waals surface area (Å²) < 4.78 is 0. The van der Waals surface area contributed by atoms with E-state index in [1.165, 1.54) is 29.6 Å². The molecule has 0 nitrogen and oxygen atoms in total. The number of hydrogen-bond acceptors (Lipinski definition) is 0. The maximum absolute atomic E-state index is 2.57. The predicted molar refractivity (Wildman–Crippen MR) is 160 cm³/mol. The molecule has 3 aliphatic rings. The fraction of sp³-hybridized carbons (Fsp3) is 0.294. The molecular weight excluding hydrogens is 470 g/mol. The van der Waals surface area contributed by atoms with Gasteiger partial charge in [0.25, 0.3) is 0 Å². The summed E-state index contributed by atoms with van der Waals surface area (Å²) >= 11 is 0. The number of rotatable bonds is 7.